The summed E-state index contributed by atoms with van der Waals surface area (Å²) in [7, 11) is -3.46. The Balaban J connectivity index is 2.06. The van der Waals surface area contributed by atoms with Gasteiger partial charge >= 0.3 is 0 Å². The smallest absolute Gasteiger partial charge is 0.253 e. The molecular weight excluding hydrogens is 316 g/mol. The fraction of sp³-hybridized carbons (Fsp3) is 0.500. The minimum Gasteiger partial charge on any atom is -0.351 e. The number of ketones is 1. The summed E-state index contributed by atoms with van der Waals surface area (Å²) in [5.41, 5.74) is 0.522. The zero-order chi connectivity index (χ0) is 16.9. The predicted octanol–water partition coefficient (Wildman–Crippen LogP) is 1.94. The maximum Gasteiger partial charge on any atom is 0.253 e. The van der Waals surface area contributed by atoms with E-state index in [4.69, 9.17) is 0 Å². The molecule has 7 heteroatoms. The van der Waals surface area contributed by atoms with Crippen LogP contribution in [0.15, 0.2) is 24.3 Å². The van der Waals surface area contributed by atoms with Crippen LogP contribution in [0, 0.1) is 5.92 Å². The van der Waals surface area contributed by atoms with Crippen molar-refractivity contribution in [1.29, 1.82) is 0 Å². The average molecular weight is 338 g/mol. The van der Waals surface area contributed by atoms with Crippen molar-refractivity contribution in [2.24, 2.45) is 5.92 Å². The number of para-hydroxylation sites is 1. The van der Waals surface area contributed by atoms with E-state index in [1.807, 2.05) is 0 Å². The Kier molecular flexibility index (Phi) is 5.76. The number of carbonyl (C=O) groups is 2. The molecule has 0 spiro atoms. The zero-order valence-corrected chi connectivity index (χ0v) is 14.0. The van der Waals surface area contributed by atoms with Crippen LogP contribution >= 0.6 is 0 Å². The van der Waals surface area contributed by atoms with Crippen molar-refractivity contribution in [3.63, 3.8) is 0 Å². The first-order chi connectivity index (χ1) is 10.9. The third kappa shape index (κ3) is 4.79. The molecule has 1 aromatic rings. The van der Waals surface area contributed by atoms with E-state index in [1.54, 1.807) is 31.2 Å². The molecule has 0 aromatic heterocycles. The minimum atomic E-state index is -3.46. The SMILES string of the molecule is CCCS(=O)(=O)Nc1ccccc1C(=O)NCC1CCCC1=O. The molecule has 0 bridgehead atoms. The van der Waals surface area contributed by atoms with Crippen LogP contribution in [0.25, 0.3) is 0 Å². The summed E-state index contributed by atoms with van der Waals surface area (Å²) in [6, 6.07) is 6.47. The summed E-state index contributed by atoms with van der Waals surface area (Å²) in [6.45, 7) is 2.07. The number of sulfonamides is 1. The molecule has 2 rings (SSSR count). The van der Waals surface area contributed by atoms with Gasteiger partial charge in [0.25, 0.3) is 5.91 Å². The topological polar surface area (TPSA) is 92.3 Å². The molecule has 1 atom stereocenters. The number of rotatable bonds is 7. The minimum absolute atomic E-state index is 0.000467. The van der Waals surface area contributed by atoms with Gasteiger partial charge in [-0.2, -0.15) is 0 Å². The Morgan fingerprint density at radius 1 is 1.30 bits per heavy atom. The number of hydrogen-bond donors (Lipinski definition) is 2. The molecule has 1 aliphatic rings. The maximum atomic E-state index is 12.3. The lowest BCUT2D eigenvalue weighted by Crippen LogP contribution is -2.31. The van der Waals surface area contributed by atoms with Gasteiger partial charge in [0.05, 0.1) is 17.0 Å². The molecule has 1 aliphatic carbocycles. The fourth-order valence-electron chi connectivity index (χ4n) is 2.67. The first kappa shape index (κ1) is 17.5. The third-order valence-electron chi connectivity index (χ3n) is 3.85. The lowest BCUT2D eigenvalue weighted by Gasteiger charge is -2.14. The van der Waals surface area contributed by atoms with Crippen molar-refractivity contribution >= 4 is 27.4 Å². The highest BCUT2D eigenvalue weighted by atomic mass is 32.2. The van der Waals surface area contributed by atoms with Crippen molar-refractivity contribution in [2.75, 3.05) is 17.0 Å². The largest absolute Gasteiger partial charge is 0.351 e. The molecule has 6 nitrogen and oxygen atoms in total. The van der Waals surface area contributed by atoms with E-state index in [-0.39, 0.29) is 34.6 Å². The normalized spacial score (nSPS) is 18.0. The molecule has 1 saturated carbocycles. The zero-order valence-electron chi connectivity index (χ0n) is 13.2. The highest BCUT2D eigenvalue weighted by molar-refractivity contribution is 7.92. The Morgan fingerprint density at radius 3 is 2.70 bits per heavy atom. The van der Waals surface area contributed by atoms with Gasteiger partial charge in [0.15, 0.2) is 0 Å². The highest BCUT2D eigenvalue weighted by Crippen LogP contribution is 2.21. The van der Waals surface area contributed by atoms with Crippen molar-refractivity contribution < 1.29 is 18.0 Å². The first-order valence-corrected chi connectivity index (χ1v) is 9.48. The van der Waals surface area contributed by atoms with Crippen molar-refractivity contribution in [3.05, 3.63) is 29.8 Å². The number of benzene rings is 1. The van der Waals surface area contributed by atoms with Crippen LogP contribution in [0.4, 0.5) is 5.69 Å². The second-order valence-corrected chi connectivity index (χ2v) is 7.57. The van der Waals surface area contributed by atoms with Gasteiger partial charge in [-0.3, -0.25) is 14.3 Å². The third-order valence-corrected chi connectivity index (χ3v) is 5.33. The van der Waals surface area contributed by atoms with Crippen molar-refractivity contribution in [3.8, 4) is 0 Å². The number of hydrogen-bond acceptors (Lipinski definition) is 4. The van der Waals surface area contributed by atoms with E-state index >= 15 is 0 Å². The van der Waals surface area contributed by atoms with E-state index in [2.05, 4.69) is 10.0 Å². The molecule has 0 heterocycles. The average Bonchev–Trinajstić information content (AvgIpc) is 2.90. The predicted molar refractivity (Wildman–Crippen MR) is 88.8 cm³/mol. The summed E-state index contributed by atoms with van der Waals surface area (Å²) >= 11 is 0. The molecule has 1 amide bonds. The molecule has 2 N–H and O–H groups in total. The van der Waals surface area contributed by atoms with Gasteiger partial charge in [0, 0.05) is 18.9 Å². The summed E-state index contributed by atoms with van der Waals surface area (Å²) in [6.07, 6.45) is 2.73. The number of carbonyl (C=O) groups excluding carboxylic acids is 2. The first-order valence-electron chi connectivity index (χ1n) is 7.83. The van der Waals surface area contributed by atoms with E-state index < -0.39 is 10.0 Å². The lowest BCUT2D eigenvalue weighted by atomic mass is 10.1. The van der Waals surface area contributed by atoms with E-state index in [9.17, 15) is 18.0 Å². The summed E-state index contributed by atoms with van der Waals surface area (Å²) < 4.78 is 26.2. The Morgan fingerprint density at radius 2 is 2.04 bits per heavy atom. The standard InChI is InChI=1S/C16H22N2O4S/c1-2-10-23(21,22)18-14-8-4-3-7-13(14)16(20)17-11-12-6-5-9-15(12)19/h3-4,7-8,12,18H,2,5-6,9-11H2,1H3,(H,17,20). The van der Waals surface area contributed by atoms with Crippen LogP contribution in [0.3, 0.4) is 0 Å². The number of nitrogens with one attached hydrogen (secondary N) is 2. The number of anilines is 1. The molecule has 0 radical (unpaired) electrons. The van der Waals surface area contributed by atoms with Gasteiger partial charge in [-0.25, -0.2) is 8.42 Å². The fourth-order valence-corrected chi connectivity index (χ4v) is 3.82. The molecule has 1 aromatic carbocycles. The molecule has 126 valence electrons. The second kappa shape index (κ2) is 7.59. The van der Waals surface area contributed by atoms with E-state index in [1.165, 1.54) is 0 Å². The molecule has 1 fully saturated rings. The molecule has 23 heavy (non-hydrogen) atoms. The van der Waals surface area contributed by atoms with Crippen LogP contribution in [-0.2, 0) is 14.8 Å². The van der Waals surface area contributed by atoms with Crippen molar-refractivity contribution in [2.45, 2.75) is 32.6 Å². The van der Waals surface area contributed by atoms with Gasteiger partial charge in [-0.1, -0.05) is 19.1 Å². The Hall–Kier alpha value is -1.89. The Labute approximate surface area is 136 Å². The molecule has 1 unspecified atom stereocenters. The Bertz CT molecular complexity index is 685. The number of amides is 1. The highest BCUT2D eigenvalue weighted by Gasteiger charge is 2.25. The summed E-state index contributed by atoms with van der Waals surface area (Å²) in [4.78, 5) is 23.9. The molecular formula is C16H22N2O4S. The van der Waals surface area contributed by atoms with Crippen LogP contribution in [0.2, 0.25) is 0 Å². The van der Waals surface area contributed by atoms with Crippen LogP contribution in [-0.4, -0.2) is 32.4 Å². The lowest BCUT2D eigenvalue weighted by molar-refractivity contribution is -0.120. The molecule has 0 saturated heterocycles. The monoisotopic (exact) mass is 338 g/mol. The van der Waals surface area contributed by atoms with Gasteiger partial charge < -0.3 is 5.32 Å². The maximum absolute atomic E-state index is 12.3. The van der Waals surface area contributed by atoms with Gasteiger partial charge in [-0.05, 0) is 31.4 Å². The van der Waals surface area contributed by atoms with Crippen LogP contribution < -0.4 is 10.0 Å². The van der Waals surface area contributed by atoms with E-state index in [0.717, 1.165) is 12.8 Å². The summed E-state index contributed by atoms with van der Waals surface area (Å²) in [5, 5.41) is 2.73. The van der Waals surface area contributed by atoms with Gasteiger partial charge in [0.2, 0.25) is 10.0 Å². The van der Waals surface area contributed by atoms with Crippen LogP contribution in [0.1, 0.15) is 43.0 Å². The summed E-state index contributed by atoms with van der Waals surface area (Å²) in [5.74, 6) is -0.316. The second-order valence-electron chi connectivity index (χ2n) is 5.73. The van der Waals surface area contributed by atoms with Crippen molar-refractivity contribution in [1.82, 2.24) is 5.32 Å². The van der Waals surface area contributed by atoms with Gasteiger partial charge in [-0.15, -0.1) is 0 Å². The van der Waals surface area contributed by atoms with E-state index in [0.29, 0.717) is 19.4 Å². The molecule has 0 aliphatic heterocycles. The quantitative estimate of drug-likeness (QED) is 0.794. The van der Waals surface area contributed by atoms with Crippen LogP contribution in [0.5, 0.6) is 0 Å². The number of Topliss-reactive ketones (excluding diaryl/α,β-unsaturated/α-hetero) is 1. The van der Waals surface area contributed by atoms with Gasteiger partial charge in [0.1, 0.15) is 5.78 Å².